The van der Waals surface area contributed by atoms with Crippen LogP contribution in [0, 0.1) is 11.6 Å². The summed E-state index contributed by atoms with van der Waals surface area (Å²) in [4.78, 5) is 12.6. The van der Waals surface area contributed by atoms with Crippen LogP contribution >= 0.6 is 0 Å². The molecule has 1 aromatic carbocycles. The van der Waals surface area contributed by atoms with Gasteiger partial charge in [-0.3, -0.25) is 9.48 Å². The molecule has 0 saturated carbocycles. The van der Waals surface area contributed by atoms with Crippen LogP contribution in [-0.2, 0) is 22.5 Å². The lowest BCUT2D eigenvalue weighted by Crippen LogP contribution is -2.41. The van der Waals surface area contributed by atoms with E-state index in [4.69, 9.17) is 14.0 Å². The van der Waals surface area contributed by atoms with Crippen LogP contribution in [0.4, 0.5) is 27.8 Å². The van der Waals surface area contributed by atoms with Gasteiger partial charge in [-0.15, -0.1) is 0 Å². The van der Waals surface area contributed by atoms with Gasteiger partial charge in [0, 0.05) is 13.1 Å². The number of carbonyl (C=O) groups excluding carboxylic acids is 1. The Labute approximate surface area is 187 Å². The lowest BCUT2D eigenvalue weighted by molar-refractivity contribution is -0.143. The number of anilines is 1. The Kier molecular flexibility index (Phi) is 6.26. The molecular weight excluding hydrogens is 452 g/mol. The van der Waals surface area contributed by atoms with Gasteiger partial charge >= 0.3 is 13.3 Å². The van der Waals surface area contributed by atoms with Crippen molar-refractivity contribution in [3.8, 4) is 5.75 Å². The number of amides is 1. The second-order valence-electron chi connectivity index (χ2n) is 8.48. The molecule has 1 N–H and O–H groups in total. The van der Waals surface area contributed by atoms with Crippen LogP contribution in [0.3, 0.4) is 0 Å². The molecule has 180 valence electrons. The Bertz CT molecular complexity index is 1070. The Balaban J connectivity index is 1.99. The monoisotopic (exact) mass is 475 g/mol. The largest absolute Gasteiger partial charge is 0.501 e. The highest BCUT2D eigenvalue weighted by Gasteiger charge is 2.54. The fraction of sp³-hybridized carbons (Fsp3) is 0.500. The summed E-state index contributed by atoms with van der Waals surface area (Å²) in [7, 11) is -0.279. The van der Waals surface area contributed by atoms with Crippen molar-refractivity contribution in [2.24, 2.45) is 7.05 Å². The van der Waals surface area contributed by atoms with E-state index in [-0.39, 0.29) is 17.8 Å². The van der Waals surface area contributed by atoms with E-state index in [1.54, 1.807) is 34.6 Å². The third kappa shape index (κ3) is 4.56. The fourth-order valence-corrected chi connectivity index (χ4v) is 3.21. The topological polar surface area (TPSA) is 74.6 Å². The van der Waals surface area contributed by atoms with Crippen molar-refractivity contribution in [3.63, 3.8) is 0 Å². The zero-order chi connectivity index (χ0) is 24.9. The SMILES string of the molecule is CCOc1cc(C(=O)Nc2cc(C(F)(F)F)n(C)n2)c(F)c(F)c1B1OC(C)(C)C(C)(C)O1. The molecule has 0 unspecified atom stereocenters. The standard InChI is InChI=1S/C20H23BF5N3O4/c1-7-31-11-8-10(17(30)27-13-9-12(20(24,25)26)29(6)28-13)15(22)16(23)14(11)21-32-18(2,3)19(4,5)33-21/h8-9H,7H2,1-6H3,(H,27,28,30). The van der Waals surface area contributed by atoms with Crippen molar-refractivity contribution < 1.29 is 40.8 Å². The van der Waals surface area contributed by atoms with E-state index in [1.807, 2.05) is 5.32 Å². The second-order valence-corrected chi connectivity index (χ2v) is 8.48. The third-order valence-corrected chi connectivity index (χ3v) is 5.65. The number of ether oxygens (including phenoxy) is 1. The van der Waals surface area contributed by atoms with E-state index < -0.39 is 59.1 Å². The molecule has 0 radical (unpaired) electrons. The summed E-state index contributed by atoms with van der Waals surface area (Å²) in [6.45, 7) is 8.56. The van der Waals surface area contributed by atoms with Crippen LogP contribution < -0.4 is 15.5 Å². The van der Waals surface area contributed by atoms with E-state index >= 15 is 4.39 Å². The number of hydrogen-bond donors (Lipinski definition) is 1. The first-order chi connectivity index (χ1) is 15.1. The number of halogens is 5. The van der Waals surface area contributed by atoms with E-state index in [0.717, 1.165) is 13.1 Å². The van der Waals surface area contributed by atoms with Crippen LogP contribution in [0.2, 0.25) is 0 Å². The van der Waals surface area contributed by atoms with Crippen LogP contribution in [-0.4, -0.2) is 40.6 Å². The van der Waals surface area contributed by atoms with Gasteiger partial charge in [-0.05, 0) is 40.7 Å². The van der Waals surface area contributed by atoms with Crippen LogP contribution in [0.25, 0.3) is 0 Å². The van der Waals surface area contributed by atoms with Crippen molar-refractivity contribution in [3.05, 3.63) is 35.0 Å². The predicted octanol–water partition coefficient (Wildman–Crippen LogP) is 3.67. The zero-order valence-corrected chi connectivity index (χ0v) is 18.9. The summed E-state index contributed by atoms with van der Waals surface area (Å²) in [6, 6.07) is 1.53. The minimum atomic E-state index is -4.71. The van der Waals surface area contributed by atoms with E-state index in [0.29, 0.717) is 10.7 Å². The van der Waals surface area contributed by atoms with Crippen LogP contribution in [0.5, 0.6) is 5.75 Å². The molecule has 0 bridgehead atoms. The fourth-order valence-electron chi connectivity index (χ4n) is 3.21. The molecule has 0 aliphatic carbocycles. The molecule has 1 saturated heterocycles. The first-order valence-electron chi connectivity index (χ1n) is 10.0. The average molecular weight is 475 g/mol. The number of nitrogens with one attached hydrogen (secondary N) is 1. The summed E-state index contributed by atoms with van der Waals surface area (Å²) >= 11 is 0. The normalized spacial score (nSPS) is 17.4. The molecule has 33 heavy (non-hydrogen) atoms. The second kappa shape index (κ2) is 8.28. The van der Waals surface area contributed by atoms with Gasteiger partial charge in [-0.25, -0.2) is 8.78 Å². The van der Waals surface area contributed by atoms with Crippen LogP contribution in [0.1, 0.15) is 50.7 Å². The molecule has 7 nitrogen and oxygen atoms in total. The molecule has 2 aromatic rings. The summed E-state index contributed by atoms with van der Waals surface area (Å²) in [5.74, 6) is -4.85. The predicted molar refractivity (Wildman–Crippen MR) is 109 cm³/mol. The van der Waals surface area contributed by atoms with E-state index in [1.165, 1.54) is 0 Å². The van der Waals surface area contributed by atoms with Gasteiger partial charge in [0.15, 0.2) is 17.5 Å². The molecular formula is C20H23BF5N3O4. The highest BCUT2D eigenvalue weighted by atomic mass is 19.4. The maximum atomic E-state index is 15.2. The molecule has 1 aromatic heterocycles. The van der Waals surface area contributed by atoms with Gasteiger partial charge in [0.2, 0.25) is 0 Å². The number of alkyl halides is 3. The maximum Gasteiger partial charge on any atom is 0.501 e. The molecule has 2 heterocycles. The number of rotatable bonds is 5. The van der Waals surface area contributed by atoms with Gasteiger partial charge < -0.3 is 19.4 Å². The quantitative estimate of drug-likeness (QED) is 0.528. The van der Waals surface area contributed by atoms with Crippen LogP contribution in [0.15, 0.2) is 12.1 Å². The maximum absolute atomic E-state index is 15.2. The smallest absolute Gasteiger partial charge is 0.494 e. The van der Waals surface area contributed by atoms with Gasteiger partial charge in [0.25, 0.3) is 5.91 Å². The average Bonchev–Trinajstić information content (AvgIpc) is 3.13. The molecule has 1 amide bonds. The van der Waals surface area contributed by atoms with E-state index in [2.05, 4.69) is 5.10 Å². The Morgan fingerprint density at radius 2 is 1.73 bits per heavy atom. The first kappa shape index (κ1) is 25.0. The number of carbonyl (C=O) groups is 1. The lowest BCUT2D eigenvalue weighted by atomic mass is 9.77. The molecule has 13 heteroatoms. The molecule has 0 spiro atoms. The summed E-state index contributed by atoms with van der Waals surface area (Å²) in [5.41, 5.74) is -3.97. The summed E-state index contributed by atoms with van der Waals surface area (Å²) in [6.07, 6.45) is -4.71. The van der Waals surface area contributed by atoms with Crippen molar-refractivity contribution in [1.82, 2.24) is 9.78 Å². The molecule has 3 rings (SSSR count). The molecule has 1 fully saturated rings. The van der Waals surface area contributed by atoms with Gasteiger partial charge in [0.05, 0.1) is 28.8 Å². The van der Waals surface area contributed by atoms with Crippen molar-refractivity contribution in [2.75, 3.05) is 11.9 Å². The Hall–Kier alpha value is -2.67. The first-order valence-corrected chi connectivity index (χ1v) is 10.0. The third-order valence-electron chi connectivity index (χ3n) is 5.65. The number of hydrogen-bond acceptors (Lipinski definition) is 5. The van der Waals surface area contributed by atoms with Crippen molar-refractivity contribution in [1.29, 1.82) is 0 Å². The summed E-state index contributed by atoms with van der Waals surface area (Å²) < 4.78 is 86.5. The summed E-state index contributed by atoms with van der Waals surface area (Å²) in [5, 5.41) is 5.59. The highest BCUT2D eigenvalue weighted by molar-refractivity contribution is 6.63. The van der Waals surface area contributed by atoms with E-state index in [9.17, 15) is 22.4 Å². The minimum absolute atomic E-state index is 0.0494. The van der Waals surface area contributed by atoms with Gasteiger partial charge in [-0.2, -0.15) is 18.3 Å². The zero-order valence-electron chi connectivity index (χ0n) is 18.9. The minimum Gasteiger partial charge on any atom is -0.494 e. The van der Waals surface area contributed by atoms with Crippen molar-refractivity contribution in [2.45, 2.75) is 52.0 Å². The number of benzene rings is 1. The molecule has 1 aliphatic heterocycles. The molecule has 0 atom stereocenters. The number of aromatic nitrogens is 2. The Morgan fingerprint density at radius 1 is 1.15 bits per heavy atom. The number of nitrogens with zero attached hydrogens (tertiary/aromatic N) is 2. The van der Waals surface area contributed by atoms with Gasteiger partial charge in [0.1, 0.15) is 11.4 Å². The lowest BCUT2D eigenvalue weighted by Gasteiger charge is -2.32. The number of aryl methyl sites for hydroxylation is 1. The Morgan fingerprint density at radius 3 is 2.21 bits per heavy atom. The molecule has 1 aliphatic rings. The highest BCUT2D eigenvalue weighted by Crippen LogP contribution is 2.38. The van der Waals surface area contributed by atoms with Gasteiger partial charge in [-0.1, -0.05) is 0 Å². The van der Waals surface area contributed by atoms with Crippen molar-refractivity contribution >= 4 is 24.3 Å².